The summed E-state index contributed by atoms with van der Waals surface area (Å²) in [6.07, 6.45) is 2.54. The van der Waals surface area contributed by atoms with Crippen molar-refractivity contribution in [2.24, 2.45) is 5.92 Å². The molecule has 0 aliphatic carbocycles. The van der Waals surface area contributed by atoms with Gasteiger partial charge in [0.05, 0.1) is 22.5 Å². The largest absolute Gasteiger partial charge is 0.356 e. The quantitative estimate of drug-likeness (QED) is 0.322. The van der Waals surface area contributed by atoms with Gasteiger partial charge < -0.3 is 15.1 Å². The number of benzene rings is 2. The normalized spacial score (nSPS) is 14.3. The summed E-state index contributed by atoms with van der Waals surface area (Å²) < 4.78 is 1.99. The smallest absolute Gasteiger partial charge is 0.223 e. The number of carbonyl (C=O) groups is 1. The number of piperidine rings is 1. The Hall–Kier alpha value is -3.78. The summed E-state index contributed by atoms with van der Waals surface area (Å²) >= 11 is 0. The molecule has 0 unspecified atom stereocenters. The molecule has 0 bridgehead atoms. The lowest BCUT2D eigenvalue weighted by molar-refractivity contribution is -0.125. The molecule has 1 aliphatic rings. The van der Waals surface area contributed by atoms with Crippen molar-refractivity contribution in [3.05, 3.63) is 77.1 Å². The first-order valence-electron chi connectivity index (χ1n) is 14.0. The minimum atomic E-state index is 0.0315. The zero-order valence-corrected chi connectivity index (χ0v) is 23.5. The van der Waals surface area contributed by atoms with E-state index in [2.05, 4.69) is 94.7 Å². The van der Waals surface area contributed by atoms with Crippen LogP contribution in [-0.4, -0.2) is 64.0 Å². The Balaban J connectivity index is 1.16. The van der Waals surface area contributed by atoms with Crippen LogP contribution in [0.4, 0.5) is 5.82 Å². The second-order valence-corrected chi connectivity index (χ2v) is 10.8. The molecule has 5 rings (SSSR count). The van der Waals surface area contributed by atoms with Crippen molar-refractivity contribution in [1.82, 2.24) is 30.2 Å². The molecule has 1 fully saturated rings. The number of hydrogen-bond donors (Lipinski definition) is 1. The van der Waals surface area contributed by atoms with Crippen molar-refractivity contribution in [2.75, 3.05) is 38.1 Å². The lowest BCUT2D eigenvalue weighted by Crippen LogP contribution is -2.41. The fourth-order valence-corrected chi connectivity index (χ4v) is 5.49. The zero-order chi connectivity index (χ0) is 27.4. The Morgan fingerprint density at radius 2 is 1.72 bits per heavy atom. The summed E-state index contributed by atoms with van der Waals surface area (Å²) in [5.74, 6) is 1.01. The van der Waals surface area contributed by atoms with Gasteiger partial charge in [0.2, 0.25) is 5.91 Å². The topological polar surface area (TPSA) is 79.2 Å². The van der Waals surface area contributed by atoms with Crippen LogP contribution in [-0.2, 0) is 11.3 Å². The summed E-state index contributed by atoms with van der Waals surface area (Å²) in [4.78, 5) is 17.4. The minimum absolute atomic E-state index is 0.0315. The van der Waals surface area contributed by atoms with Crippen LogP contribution >= 0.6 is 0 Å². The highest BCUT2D eigenvalue weighted by molar-refractivity contribution is 5.92. The third-order valence-corrected chi connectivity index (χ3v) is 7.74. The first kappa shape index (κ1) is 26.8. The second kappa shape index (κ2) is 11.9. The molecule has 1 aliphatic heterocycles. The Morgan fingerprint density at radius 3 is 2.44 bits per heavy atom. The number of carbonyl (C=O) groups excluding carboxylic acids is 1. The average Bonchev–Trinajstić information content (AvgIpc) is 3.30. The summed E-state index contributed by atoms with van der Waals surface area (Å²) in [5, 5.41) is 18.2. The summed E-state index contributed by atoms with van der Waals surface area (Å²) in [6.45, 7) is 10.3. The number of aryl methyl sites for hydroxylation is 3. The van der Waals surface area contributed by atoms with Gasteiger partial charge >= 0.3 is 0 Å². The number of amides is 1. The number of aromatic nitrogens is 4. The second-order valence-electron chi connectivity index (χ2n) is 10.8. The highest BCUT2D eigenvalue weighted by atomic mass is 16.1. The molecular formula is C31H39N7O. The van der Waals surface area contributed by atoms with Crippen LogP contribution in [0.3, 0.4) is 0 Å². The van der Waals surface area contributed by atoms with Gasteiger partial charge in [-0.25, -0.2) is 4.68 Å². The Kier molecular flexibility index (Phi) is 8.21. The van der Waals surface area contributed by atoms with Crippen LogP contribution in [0.1, 0.15) is 41.8 Å². The van der Waals surface area contributed by atoms with Gasteiger partial charge in [-0.3, -0.25) is 4.79 Å². The third kappa shape index (κ3) is 6.11. The Morgan fingerprint density at radius 1 is 1.00 bits per heavy atom. The van der Waals surface area contributed by atoms with Crippen LogP contribution in [0, 0.1) is 26.7 Å². The van der Waals surface area contributed by atoms with Gasteiger partial charge in [0, 0.05) is 32.1 Å². The fourth-order valence-electron chi connectivity index (χ4n) is 5.49. The molecule has 204 valence electrons. The monoisotopic (exact) mass is 525 g/mol. The van der Waals surface area contributed by atoms with Gasteiger partial charge in [-0.2, -0.15) is 10.2 Å². The van der Waals surface area contributed by atoms with Gasteiger partial charge in [0.25, 0.3) is 0 Å². The van der Waals surface area contributed by atoms with E-state index in [4.69, 9.17) is 5.10 Å². The highest BCUT2D eigenvalue weighted by Gasteiger charge is 2.28. The maximum atomic E-state index is 12.9. The average molecular weight is 526 g/mol. The van der Waals surface area contributed by atoms with E-state index in [0.29, 0.717) is 6.54 Å². The Bertz CT molecular complexity index is 1410. The third-order valence-electron chi connectivity index (χ3n) is 7.74. The summed E-state index contributed by atoms with van der Waals surface area (Å²) in [5.41, 5.74) is 6.38. The number of hydrogen-bond acceptors (Lipinski definition) is 6. The molecule has 3 heterocycles. The van der Waals surface area contributed by atoms with Crippen molar-refractivity contribution in [3.8, 4) is 5.69 Å². The van der Waals surface area contributed by atoms with Gasteiger partial charge in [-0.05, 0) is 71.3 Å². The predicted octanol–water partition coefficient (Wildman–Crippen LogP) is 4.60. The molecule has 0 spiro atoms. The molecular weight excluding hydrogens is 486 g/mol. The van der Waals surface area contributed by atoms with Gasteiger partial charge in [0.1, 0.15) is 5.52 Å². The highest BCUT2D eigenvalue weighted by Crippen LogP contribution is 2.31. The van der Waals surface area contributed by atoms with E-state index >= 15 is 0 Å². The maximum absolute atomic E-state index is 12.9. The van der Waals surface area contributed by atoms with E-state index in [1.165, 1.54) is 11.1 Å². The lowest BCUT2D eigenvalue weighted by Gasteiger charge is -2.32. The lowest BCUT2D eigenvalue weighted by atomic mass is 9.95. The molecule has 1 N–H and O–H groups in total. The number of anilines is 1. The van der Waals surface area contributed by atoms with Crippen LogP contribution in [0.5, 0.6) is 0 Å². The van der Waals surface area contributed by atoms with Gasteiger partial charge in [-0.15, -0.1) is 5.10 Å². The first-order valence-corrected chi connectivity index (χ1v) is 14.0. The van der Waals surface area contributed by atoms with Gasteiger partial charge in [-0.1, -0.05) is 48.0 Å². The molecule has 1 amide bonds. The van der Waals surface area contributed by atoms with Gasteiger partial charge in [0.15, 0.2) is 5.82 Å². The molecule has 2 aromatic heterocycles. The van der Waals surface area contributed by atoms with E-state index < -0.39 is 0 Å². The van der Waals surface area contributed by atoms with E-state index in [1.807, 2.05) is 17.7 Å². The molecule has 2 aromatic carbocycles. The minimum Gasteiger partial charge on any atom is -0.356 e. The molecule has 0 atom stereocenters. The van der Waals surface area contributed by atoms with Crippen LogP contribution in [0.2, 0.25) is 0 Å². The fraction of sp³-hybridized carbons (Fsp3) is 0.419. The van der Waals surface area contributed by atoms with E-state index in [-0.39, 0.29) is 11.8 Å². The molecule has 8 nitrogen and oxygen atoms in total. The van der Waals surface area contributed by atoms with Crippen LogP contribution < -0.4 is 10.2 Å². The molecule has 1 saturated heterocycles. The summed E-state index contributed by atoms with van der Waals surface area (Å²) in [7, 11) is 2.13. The number of rotatable bonds is 9. The summed E-state index contributed by atoms with van der Waals surface area (Å²) in [6, 6.07) is 18.9. The number of nitrogens with zero attached hydrogens (tertiary/aromatic N) is 6. The predicted molar refractivity (Wildman–Crippen MR) is 156 cm³/mol. The van der Waals surface area contributed by atoms with Crippen LogP contribution in [0.15, 0.2) is 54.6 Å². The van der Waals surface area contributed by atoms with Crippen molar-refractivity contribution < 1.29 is 4.79 Å². The molecule has 39 heavy (non-hydrogen) atoms. The number of nitrogens with one attached hydrogen (secondary N) is 1. The maximum Gasteiger partial charge on any atom is 0.223 e. The first-order chi connectivity index (χ1) is 18.9. The molecule has 8 heteroatoms. The zero-order valence-electron chi connectivity index (χ0n) is 23.5. The van der Waals surface area contributed by atoms with Crippen molar-refractivity contribution in [2.45, 2.75) is 46.6 Å². The molecule has 0 saturated carbocycles. The number of fused-ring (bicyclic) bond motifs is 1. The van der Waals surface area contributed by atoms with Crippen LogP contribution in [0.25, 0.3) is 16.6 Å². The molecule has 0 radical (unpaired) electrons. The standard InChI is InChI=1S/C31H39N7O/c1-22-11-13-27(14-12-22)38-24(3)28-23(2)33-34-30(29(28)35-38)37-19-15-26(16-20-37)31(39)32-17-8-18-36(4)21-25-9-6-5-7-10-25/h5-7,9-14,26H,8,15-21H2,1-4H3,(H,32,39). The molecule has 4 aromatic rings. The van der Waals surface area contributed by atoms with E-state index in [1.54, 1.807) is 0 Å². The SMILES string of the molecule is Cc1ccc(-n2nc3c(N4CCC(C(=O)NCCCN(C)Cc5ccccc5)CC4)nnc(C)c3c2C)cc1. The van der Waals surface area contributed by atoms with E-state index in [9.17, 15) is 4.79 Å². The van der Waals surface area contributed by atoms with Crippen molar-refractivity contribution >= 4 is 22.6 Å². The van der Waals surface area contributed by atoms with Crippen molar-refractivity contribution in [1.29, 1.82) is 0 Å². The Labute approximate surface area is 231 Å². The van der Waals surface area contributed by atoms with E-state index in [0.717, 1.165) is 79.2 Å². The van der Waals surface area contributed by atoms with Crippen molar-refractivity contribution in [3.63, 3.8) is 0 Å².